The SMILES string of the molecule is Cn1cnc2cncc(C(=O)N[C@H]3c4ccccc4OC[C@H]3CO)c21. The van der Waals surface area contributed by atoms with Gasteiger partial charge in [-0.1, -0.05) is 18.2 Å². The molecule has 25 heavy (non-hydrogen) atoms. The Balaban J connectivity index is 1.71. The fraction of sp³-hybridized carbons (Fsp3) is 0.278. The highest BCUT2D eigenvalue weighted by molar-refractivity contribution is 6.04. The molecular weight excluding hydrogens is 320 g/mol. The topological polar surface area (TPSA) is 89.3 Å². The fourth-order valence-electron chi connectivity index (χ4n) is 3.27. The average Bonchev–Trinajstić information content (AvgIpc) is 3.03. The van der Waals surface area contributed by atoms with Gasteiger partial charge in [0.25, 0.3) is 5.91 Å². The monoisotopic (exact) mass is 338 g/mol. The third-order valence-electron chi connectivity index (χ3n) is 4.57. The Bertz CT molecular complexity index is 937. The molecule has 0 radical (unpaired) electrons. The number of hydrogen-bond donors (Lipinski definition) is 2. The Morgan fingerprint density at radius 2 is 2.24 bits per heavy atom. The molecule has 2 atom stereocenters. The van der Waals surface area contributed by atoms with Crippen LogP contribution in [0.25, 0.3) is 11.0 Å². The van der Waals surface area contributed by atoms with E-state index in [0.29, 0.717) is 17.7 Å². The smallest absolute Gasteiger partial charge is 0.255 e. The summed E-state index contributed by atoms with van der Waals surface area (Å²) in [6.45, 7) is 0.278. The molecule has 0 saturated carbocycles. The van der Waals surface area contributed by atoms with Crippen LogP contribution in [0.15, 0.2) is 43.0 Å². The van der Waals surface area contributed by atoms with Crippen molar-refractivity contribution in [3.05, 3.63) is 54.1 Å². The number of aliphatic hydroxyl groups is 1. The van der Waals surface area contributed by atoms with Gasteiger partial charge in [0.15, 0.2) is 0 Å². The van der Waals surface area contributed by atoms with Crippen LogP contribution in [0, 0.1) is 5.92 Å². The number of imidazole rings is 1. The van der Waals surface area contributed by atoms with E-state index in [-0.39, 0.29) is 24.5 Å². The Labute approximate surface area is 144 Å². The van der Waals surface area contributed by atoms with Gasteiger partial charge in [-0.3, -0.25) is 9.78 Å². The second-order valence-corrected chi connectivity index (χ2v) is 6.15. The molecular formula is C18H18N4O3. The van der Waals surface area contributed by atoms with E-state index >= 15 is 0 Å². The first-order valence-corrected chi connectivity index (χ1v) is 8.07. The molecule has 3 heterocycles. The molecule has 1 aliphatic heterocycles. The summed E-state index contributed by atoms with van der Waals surface area (Å²) in [5, 5.41) is 12.7. The standard InChI is InChI=1S/C18H18N4O3/c1-22-10-20-14-7-19-6-13(17(14)22)18(24)21-16-11(8-23)9-25-15-5-3-2-4-12(15)16/h2-7,10-11,16,23H,8-9H2,1H3,(H,21,24)/t11-,16-/m1/s1. The van der Waals surface area contributed by atoms with E-state index in [2.05, 4.69) is 15.3 Å². The number of carbonyl (C=O) groups excluding carboxylic acids is 1. The number of fused-ring (bicyclic) bond motifs is 2. The zero-order valence-corrected chi connectivity index (χ0v) is 13.7. The van der Waals surface area contributed by atoms with Gasteiger partial charge in [0.2, 0.25) is 0 Å². The first-order valence-electron chi connectivity index (χ1n) is 8.07. The molecule has 4 rings (SSSR count). The van der Waals surface area contributed by atoms with Crippen molar-refractivity contribution in [3.8, 4) is 5.75 Å². The van der Waals surface area contributed by atoms with Crippen LogP contribution in [-0.2, 0) is 7.05 Å². The number of carbonyl (C=O) groups is 1. The molecule has 2 N–H and O–H groups in total. The second kappa shape index (κ2) is 6.18. The highest BCUT2D eigenvalue weighted by atomic mass is 16.5. The maximum atomic E-state index is 12.9. The number of pyridine rings is 1. The van der Waals surface area contributed by atoms with Gasteiger partial charge in [0, 0.05) is 24.7 Å². The Morgan fingerprint density at radius 1 is 1.40 bits per heavy atom. The van der Waals surface area contributed by atoms with Crippen LogP contribution in [0.3, 0.4) is 0 Å². The lowest BCUT2D eigenvalue weighted by atomic mass is 9.91. The summed E-state index contributed by atoms with van der Waals surface area (Å²) in [7, 11) is 1.84. The first-order chi connectivity index (χ1) is 12.2. The summed E-state index contributed by atoms with van der Waals surface area (Å²) < 4.78 is 7.48. The molecule has 0 unspecified atom stereocenters. The number of ether oxygens (including phenoxy) is 1. The number of aryl methyl sites for hydroxylation is 1. The molecule has 7 nitrogen and oxygen atoms in total. The van der Waals surface area contributed by atoms with E-state index in [1.54, 1.807) is 23.3 Å². The van der Waals surface area contributed by atoms with Gasteiger partial charge in [0.05, 0.1) is 42.9 Å². The van der Waals surface area contributed by atoms with Crippen molar-refractivity contribution in [1.29, 1.82) is 0 Å². The van der Waals surface area contributed by atoms with Gasteiger partial charge in [-0.15, -0.1) is 0 Å². The van der Waals surface area contributed by atoms with Crippen molar-refractivity contribution < 1.29 is 14.6 Å². The Morgan fingerprint density at radius 3 is 3.08 bits per heavy atom. The largest absolute Gasteiger partial charge is 0.493 e. The van der Waals surface area contributed by atoms with Crippen LogP contribution in [-0.4, -0.2) is 38.8 Å². The molecule has 0 saturated heterocycles. The van der Waals surface area contributed by atoms with E-state index in [4.69, 9.17) is 4.74 Å². The average molecular weight is 338 g/mol. The summed E-state index contributed by atoms with van der Waals surface area (Å²) in [5.74, 6) is 0.272. The number of rotatable bonds is 3. The number of para-hydroxylation sites is 1. The van der Waals surface area contributed by atoms with Crippen molar-refractivity contribution in [2.24, 2.45) is 13.0 Å². The highest BCUT2D eigenvalue weighted by Crippen LogP contribution is 2.35. The maximum absolute atomic E-state index is 12.9. The van der Waals surface area contributed by atoms with Crippen molar-refractivity contribution in [2.75, 3.05) is 13.2 Å². The highest BCUT2D eigenvalue weighted by Gasteiger charge is 2.32. The molecule has 2 aromatic heterocycles. The zero-order valence-electron chi connectivity index (χ0n) is 13.7. The quantitative estimate of drug-likeness (QED) is 0.754. The third kappa shape index (κ3) is 2.62. The fourth-order valence-corrected chi connectivity index (χ4v) is 3.27. The van der Waals surface area contributed by atoms with E-state index < -0.39 is 0 Å². The molecule has 7 heteroatoms. The molecule has 1 amide bonds. The Hall–Kier alpha value is -2.93. The van der Waals surface area contributed by atoms with Crippen LogP contribution < -0.4 is 10.1 Å². The summed E-state index contributed by atoms with van der Waals surface area (Å²) in [4.78, 5) is 21.3. The summed E-state index contributed by atoms with van der Waals surface area (Å²) >= 11 is 0. The minimum atomic E-state index is -0.328. The molecule has 0 fully saturated rings. The number of hydrogen-bond acceptors (Lipinski definition) is 5. The lowest BCUT2D eigenvalue weighted by Gasteiger charge is -2.33. The van der Waals surface area contributed by atoms with Gasteiger partial charge in [-0.05, 0) is 6.07 Å². The van der Waals surface area contributed by atoms with E-state index in [1.807, 2.05) is 31.3 Å². The number of amides is 1. The molecule has 0 bridgehead atoms. The van der Waals surface area contributed by atoms with Crippen LogP contribution in [0.5, 0.6) is 5.75 Å². The van der Waals surface area contributed by atoms with Crippen molar-refractivity contribution >= 4 is 16.9 Å². The second-order valence-electron chi connectivity index (χ2n) is 6.15. The minimum Gasteiger partial charge on any atom is -0.493 e. The molecule has 0 spiro atoms. The van der Waals surface area contributed by atoms with Gasteiger partial charge in [-0.2, -0.15) is 0 Å². The van der Waals surface area contributed by atoms with Gasteiger partial charge in [-0.25, -0.2) is 4.98 Å². The van der Waals surface area contributed by atoms with Gasteiger partial charge >= 0.3 is 0 Å². The van der Waals surface area contributed by atoms with Crippen molar-refractivity contribution in [3.63, 3.8) is 0 Å². The number of aliphatic hydroxyl groups excluding tert-OH is 1. The predicted octanol–water partition coefficient (Wildman–Crippen LogP) is 1.44. The van der Waals surface area contributed by atoms with Crippen molar-refractivity contribution in [1.82, 2.24) is 19.9 Å². The summed E-state index contributed by atoms with van der Waals surface area (Å²) in [6.07, 6.45) is 4.83. The van der Waals surface area contributed by atoms with Gasteiger partial charge < -0.3 is 19.7 Å². The van der Waals surface area contributed by atoms with Crippen molar-refractivity contribution in [2.45, 2.75) is 6.04 Å². The molecule has 0 aliphatic carbocycles. The lowest BCUT2D eigenvalue weighted by Crippen LogP contribution is -2.40. The van der Waals surface area contributed by atoms with E-state index in [1.165, 1.54) is 0 Å². The first kappa shape index (κ1) is 15.6. The predicted molar refractivity (Wildman–Crippen MR) is 91.2 cm³/mol. The van der Waals surface area contributed by atoms with Crippen LogP contribution in [0.2, 0.25) is 0 Å². The van der Waals surface area contributed by atoms with Crippen LogP contribution >= 0.6 is 0 Å². The van der Waals surface area contributed by atoms with Gasteiger partial charge in [0.1, 0.15) is 11.3 Å². The third-order valence-corrected chi connectivity index (χ3v) is 4.57. The lowest BCUT2D eigenvalue weighted by molar-refractivity contribution is 0.0818. The molecule has 3 aromatic rings. The molecule has 1 aliphatic rings. The molecule has 1 aromatic carbocycles. The van der Waals surface area contributed by atoms with E-state index in [0.717, 1.165) is 16.8 Å². The maximum Gasteiger partial charge on any atom is 0.255 e. The van der Waals surface area contributed by atoms with Crippen LogP contribution in [0.4, 0.5) is 0 Å². The zero-order chi connectivity index (χ0) is 17.4. The number of aromatic nitrogens is 3. The number of nitrogens with zero attached hydrogens (tertiary/aromatic N) is 3. The number of benzene rings is 1. The molecule has 128 valence electrons. The van der Waals surface area contributed by atoms with Crippen LogP contribution in [0.1, 0.15) is 22.0 Å². The van der Waals surface area contributed by atoms with E-state index in [9.17, 15) is 9.90 Å². The Kier molecular flexibility index (Phi) is 3.85. The summed E-state index contributed by atoms with van der Waals surface area (Å²) in [5.41, 5.74) is 2.72. The summed E-state index contributed by atoms with van der Waals surface area (Å²) in [6, 6.07) is 7.23. The minimum absolute atomic E-state index is 0.0760. The normalized spacial score (nSPS) is 19.3. The number of nitrogens with one attached hydrogen (secondary N) is 1.